The van der Waals surface area contributed by atoms with Gasteiger partial charge in [-0.2, -0.15) is 26.3 Å². The SMILES string of the molecule is CCC(C)(C)Nc1cc(C(c2ccc(C)c(NC(=O)c3cc(S(=O)(=O)c4ccc(C(=O)O)c(C(=O)C(C)(C)CC)c4)ccc3C(=O)O)c2)(C(F)(F)F)C(F)(F)F)ccc1C. The Bertz CT molecular complexity index is 2480. The van der Waals surface area contributed by atoms with E-state index >= 15 is 26.3 Å². The number of anilines is 2. The summed E-state index contributed by atoms with van der Waals surface area (Å²) in [5, 5.41) is 24.9. The van der Waals surface area contributed by atoms with Crippen LogP contribution in [-0.2, 0) is 15.3 Å². The fraction of sp³-hybridized carbons (Fsp3) is 0.349. The Kier molecular flexibility index (Phi) is 12.8. The first-order chi connectivity index (χ1) is 27.5. The van der Waals surface area contributed by atoms with Gasteiger partial charge in [-0.25, -0.2) is 18.0 Å². The molecule has 0 spiro atoms. The highest BCUT2D eigenvalue weighted by molar-refractivity contribution is 7.91. The number of rotatable bonds is 14. The van der Waals surface area contributed by atoms with Gasteiger partial charge in [0.05, 0.1) is 26.5 Å². The lowest BCUT2D eigenvalue weighted by Gasteiger charge is -2.39. The van der Waals surface area contributed by atoms with E-state index in [4.69, 9.17) is 0 Å². The monoisotopic (exact) mass is 862 g/mol. The number of carbonyl (C=O) groups excluding carboxylic acids is 2. The third kappa shape index (κ3) is 8.76. The quantitative estimate of drug-likeness (QED) is 0.0713. The highest BCUT2D eigenvalue weighted by atomic mass is 32.2. The minimum atomic E-state index is -6.01. The number of ketones is 1. The molecule has 17 heteroatoms. The van der Waals surface area contributed by atoms with Crippen LogP contribution in [0.25, 0.3) is 0 Å². The molecule has 4 N–H and O–H groups in total. The van der Waals surface area contributed by atoms with Gasteiger partial charge in [0.15, 0.2) is 5.78 Å². The highest BCUT2D eigenvalue weighted by Crippen LogP contribution is 2.57. The Morgan fingerprint density at radius 2 is 1.03 bits per heavy atom. The fourth-order valence-electron chi connectivity index (χ4n) is 6.40. The molecule has 0 aromatic heterocycles. The molecule has 322 valence electrons. The van der Waals surface area contributed by atoms with Gasteiger partial charge < -0.3 is 20.8 Å². The van der Waals surface area contributed by atoms with Crippen molar-refractivity contribution in [1.82, 2.24) is 0 Å². The summed E-state index contributed by atoms with van der Waals surface area (Å²) in [5.74, 6) is -5.34. The molecule has 0 aliphatic rings. The zero-order chi connectivity index (χ0) is 45.6. The molecule has 0 saturated heterocycles. The molecule has 4 aromatic carbocycles. The Balaban J connectivity index is 1.90. The number of alkyl halides is 6. The Morgan fingerprint density at radius 1 is 0.600 bits per heavy atom. The highest BCUT2D eigenvalue weighted by Gasteiger charge is 2.72. The minimum absolute atomic E-state index is 0.0272. The largest absolute Gasteiger partial charge is 0.478 e. The summed E-state index contributed by atoms with van der Waals surface area (Å²) < 4.78 is 120. The van der Waals surface area contributed by atoms with Crippen LogP contribution in [0.15, 0.2) is 82.6 Å². The molecule has 4 aromatic rings. The molecule has 0 atom stereocenters. The molecule has 1 amide bonds. The molecule has 0 saturated carbocycles. The molecule has 0 bridgehead atoms. The fourth-order valence-corrected chi connectivity index (χ4v) is 7.71. The van der Waals surface area contributed by atoms with Gasteiger partial charge in [0.1, 0.15) is 0 Å². The number of benzene rings is 4. The second kappa shape index (κ2) is 16.4. The number of aromatic carboxylic acids is 2. The van der Waals surface area contributed by atoms with Crippen molar-refractivity contribution in [3.8, 4) is 0 Å². The van der Waals surface area contributed by atoms with Crippen LogP contribution in [-0.4, -0.2) is 60.2 Å². The minimum Gasteiger partial charge on any atom is -0.478 e. The number of hydrogen-bond acceptors (Lipinski definition) is 7. The van der Waals surface area contributed by atoms with Crippen molar-refractivity contribution in [3.05, 3.63) is 117 Å². The smallest absolute Gasteiger partial charge is 0.411 e. The zero-order valence-electron chi connectivity index (χ0n) is 33.9. The average molecular weight is 863 g/mol. The number of carboxylic acids is 2. The summed E-state index contributed by atoms with van der Waals surface area (Å²) in [6, 6.07) is 9.56. The first kappa shape index (κ1) is 47.0. The van der Waals surface area contributed by atoms with Crippen LogP contribution in [0.3, 0.4) is 0 Å². The van der Waals surface area contributed by atoms with Crippen LogP contribution in [0.1, 0.15) is 118 Å². The van der Waals surface area contributed by atoms with Crippen molar-refractivity contribution in [2.24, 2.45) is 5.41 Å². The third-order valence-electron chi connectivity index (χ3n) is 10.8. The summed E-state index contributed by atoms with van der Waals surface area (Å²) in [7, 11) is -4.75. The normalized spacial score (nSPS) is 12.8. The van der Waals surface area contributed by atoms with Gasteiger partial charge in [-0.3, -0.25) is 9.59 Å². The lowest BCUT2D eigenvalue weighted by molar-refractivity contribution is -0.288. The number of sulfone groups is 1. The van der Waals surface area contributed by atoms with Gasteiger partial charge in [0, 0.05) is 27.9 Å². The van der Waals surface area contributed by atoms with Crippen LogP contribution in [0.4, 0.5) is 37.7 Å². The Labute approximate surface area is 342 Å². The summed E-state index contributed by atoms with van der Waals surface area (Å²) in [4.78, 5) is 50.2. The second-order valence-electron chi connectivity index (χ2n) is 15.7. The maximum Gasteiger partial charge on any atom is 0.411 e. The average Bonchev–Trinajstić information content (AvgIpc) is 3.15. The van der Waals surface area contributed by atoms with E-state index in [0.717, 1.165) is 54.6 Å². The number of nitrogens with one attached hydrogen (secondary N) is 2. The van der Waals surface area contributed by atoms with Crippen molar-refractivity contribution < 1.29 is 64.2 Å². The van der Waals surface area contributed by atoms with Gasteiger partial charge in [-0.1, -0.05) is 52.0 Å². The molecule has 0 unspecified atom stereocenters. The van der Waals surface area contributed by atoms with Crippen LogP contribution in [0.2, 0.25) is 0 Å². The summed E-state index contributed by atoms with van der Waals surface area (Å²) in [6.07, 6.45) is -11.3. The van der Waals surface area contributed by atoms with Crippen molar-refractivity contribution in [2.45, 2.75) is 101 Å². The standard InChI is InChI=1S/C43H44F6N2O8S/c1-9-39(5,6)35(52)31-21-27(15-17-29(31)37(54)55)60(58,59)28-16-18-30(38(56)57)32(22-28)36(53)50-33-19-25(13-11-23(33)3)41(42(44,45)46,43(47,48)49)26-14-12-24(4)34(20-26)51-40(7,8)10-2/h11-22,51H,9-10H2,1-8H3,(H,50,53)(H,54,55)(H,56,57). The first-order valence-corrected chi connectivity index (χ1v) is 19.9. The van der Waals surface area contributed by atoms with Crippen LogP contribution >= 0.6 is 0 Å². The lowest BCUT2D eigenvalue weighted by atomic mass is 9.72. The van der Waals surface area contributed by atoms with Crippen molar-refractivity contribution in [3.63, 3.8) is 0 Å². The van der Waals surface area contributed by atoms with Gasteiger partial charge >= 0.3 is 24.3 Å². The summed E-state index contributed by atoms with van der Waals surface area (Å²) >= 11 is 0. The van der Waals surface area contributed by atoms with E-state index in [-0.39, 0.29) is 17.7 Å². The number of carboxylic acid groups (broad SMARTS) is 2. The van der Waals surface area contributed by atoms with E-state index in [1.54, 1.807) is 27.7 Å². The molecular formula is C43H44F6N2O8S. The number of carbonyl (C=O) groups is 4. The van der Waals surface area contributed by atoms with Crippen LogP contribution in [0, 0.1) is 19.3 Å². The van der Waals surface area contributed by atoms with Crippen molar-refractivity contribution in [2.75, 3.05) is 10.6 Å². The van der Waals surface area contributed by atoms with E-state index in [2.05, 4.69) is 10.6 Å². The molecular weight excluding hydrogens is 819 g/mol. The third-order valence-corrected chi connectivity index (χ3v) is 12.6. The topological polar surface area (TPSA) is 167 Å². The van der Waals surface area contributed by atoms with E-state index in [1.807, 2.05) is 0 Å². The molecule has 0 fully saturated rings. The Morgan fingerprint density at radius 3 is 1.47 bits per heavy atom. The van der Waals surface area contributed by atoms with E-state index in [1.165, 1.54) is 27.7 Å². The predicted molar refractivity (Wildman–Crippen MR) is 212 cm³/mol. The molecule has 0 heterocycles. The van der Waals surface area contributed by atoms with Crippen LogP contribution in [0.5, 0.6) is 0 Å². The number of aryl methyl sites for hydroxylation is 2. The summed E-state index contributed by atoms with van der Waals surface area (Å²) in [6.45, 7) is 12.8. The molecule has 60 heavy (non-hydrogen) atoms. The van der Waals surface area contributed by atoms with Gasteiger partial charge in [0.25, 0.3) is 5.91 Å². The van der Waals surface area contributed by atoms with Gasteiger partial charge in [-0.15, -0.1) is 0 Å². The molecule has 0 radical (unpaired) electrons. The Hall–Kier alpha value is -5.71. The number of Topliss-reactive ketones (excluding diaryl/α,β-unsaturated/α-hetero) is 1. The molecule has 0 aliphatic heterocycles. The number of halogens is 6. The van der Waals surface area contributed by atoms with Crippen LogP contribution < -0.4 is 10.6 Å². The van der Waals surface area contributed by atoms with Crippen molar-refractivity contribution in [1.29, 1.82) is 0 Å². The predicted octanol–water partition coefficient (Wildman–Crippen LogP) is 10.4. The van der Waals surface area contributed by atoms with E-state index in [0.29, 0.717) is 30.2 Å². The summed E-state index contributed by atoms with van der Waals surface area (Å²) in [5.41, 5.74) is -11.7. The van der Waals surface area contributed by atoms with E-state index < -0.39 is 111 Å². The van der Waals surface area contributed by atoms with Gasteiger partial charge in [0.2, 0.25) is 15.3 Å². The maximum absolute atomic E-state index is 15.3. The van der Waals surface area contributed by atoms with Crippen molar-refractivity contribution >= 4 is 44.8 Å². The molecule has 0 aliphatic carbocycles. The first-order valence-electron chi connectivity index (χ1n) is 18.5. The molecule has 4 rings (SSSR count). The van der Waals surface area contributed by atoms with Gasteiger partial charge in [-0.05, 0) is 111 Å². The lowest BCUT2D eigenvalue weighted by Crippen LogP contribution is -2.54. The van der Waals surface area contributed by atoms with E-state index in [9.17, 15) is 37.8 Å². The molecule has 10 nitrogen and oxygen atoms in total. The number of hydrogen-bond donors (Lipinski definition) is 4. The number of amides is 1. The maximum atomic E-state index is 15.3. The zero-order valence-corrected chi connectivity index (χ0v) is 34.7. The second-order valence-corrected chi connectivity index (χ2v) is 17.7.